The zero-order valence-corrected chi connectivity index (χ0v) is 14.5. The van der Waals surface area contributed by atoms with E-state index in [1.165, 1.54) is 13.2 Å². The molecular weight excluding hydrogens is 339 g/mol. The van der Waals surface area contributed by atoms with Crippen LogP contribution in [0.25, 0.3) is 0 Å². The Balaban J connectivity index is 1.92. The Morgan fingerprint density at radius 3 is 2.38 bits per heavy atom. The van der Waals surface area contributed by atoms with Crippen LogP contribution >= 0.6 is 0 Å². The summed E-state index contributed by atoms with van der Waals surface area (Å²) < 4.78 is 18.0. The highest BCUT2D eigenvalue weighted by atomic mass is 19.1. The first kappa shape index (κ1) is 19.1. The van der Waals surface area contributed by atoms with E-state index in [9.17, 15) is 18.8 Å². The van der Waals surface area contributed by atoms with Gasteiger partial charge in [-0.05, 0) is 42.3 Å². The molecule has 7 heteroatoms. The standard InChI is InChI=1S/C19H19FN2O4/c1-12-3-6-14(10-16(12)20)19(25)22-15-7-4-13(5-8-15)9-17(23)21-11-18(24)26-2/h3-8,10H,9,11H2,1-2H3,(H,21,23)(H,22,25). The van der Waals surface area contributed by atoms with Crippen molar-refractivity contribution in [2.45, 2.75) is 13.3 Å². The zero-order chi connectivity index (χ0) is 19.1. The molecule has 0 atom stereocenters. The molecule has 0 aliphatic heterocycles. The molecule has 0 saturated heterocycles. The van der Waals surface area contributed by atoms with E-state index >= 15 is 0 Å². The number of aryl methyl sites for hydroxylation is 1. The molecule has 0 heterocycles. The number of hydrogen-bond donors (Lipinski definition) is 2. The number of carbonyl (C=O) groups excluding carboxylic acids is 3. The molecule has 2 rings (SSSR count). The summed E-state index contributed by atoms with van der Waals surface area (Å²) in [5.74, 6) is -1.70. The van der Waals surface area contributed by atoms with Crippen molar-refractivity contribution in [1.29, 1.82) is 0 Å². The summed E-state index contributed by atoms with van der Waals surface area (Å²) in [7, 11) is 1.24. The summed E-state index contributed by atoms with van der Waals surface area (Å²) in [6, 6.07) is 10.9. The Kier molecular flexibility index (Phi) is 6.43. The zero-order valence-electron chi connectivity index (χ0n) is 14.5. The number of rotatable bonds is 6. The van der Waals surface area contributed by atoms with E-state index in [4.69, 9.17) is 0 Å². The number of carbonyl (C=O) groups is 3. The lowest BCUT2D eigenvalue weighted by molar-refractivity contribution is -0.141. The topological polar surface area (TPSA) is 84.5 Å². The molecule has 26 heavy (non-hydrogen) atoms. The molecule has 2 N–H and O–H groups in total. The van der Waals surface area contributed by atoms with Crippen molar-refractivity contribution in [2.24, 2.45) is 0 Å². The Bertz CT molecular complexity index is 819. The molecule has 0 radical (unpaired) electrons. The molecular formula is C19H19FN2O4. The van der Waals surface area contributed by atoms with Gasteiger partial charge in [-0.15, -0.1) is 0 Å². The van der Waals surface area contributed by atoms with E-state index < -0.39 is 17.7 Å². The highest BCUT2D eigenvalue weighted by molar-refractivity contribution is 6.04. The Morgan fingerprint density at radius 2 is 1.77 bits per heavy atom. The number of amides is 2. The van der Waals surface area contributed by atoms with Crippen molar-refractivity contribution < 1.29 is 23.5 Å². The van der Waals surface area contributed by atoms with Crippen LogP contribution in [0.15, 0.2) is 42.5 Å². The highest BCUT2D eigenvalue weighted by Crippen LogP contribution is 2.14. The number of nitrogens with one attached hydrogen (secondary N) is 2. The van der Waals surface area contributed by atoms with Gasteiger partial charge in [-0.25, -0.2) is 4.39 Å². The third-order valence-electron chi connectivity index (χ3n) is 3.67. The van der Waals surface area contributed by atoms with Crippen molar-refractivity contribution in [3.8, 4) is 0 Å². The Labute approximate surface area is 150 Å². The summed E-state index contributed by atoms with van der Waals surface area (Å²) in [5, 5.41) is 5.11. The molecule has 0 fully saturated rings. The van der Waals surface area contributed by atoms with Gasteiger partial charge in [0.2, 0.25) is 5.91 Å². The normalized spacial score (nSPS) is 10.1. The lowest BCUT2D eigenvalue weighted by Gasteiger charge is -2.08. The maximum Gasteiger partial charge on any atom is 0.325 e. The van der Waals surface area contributed by atoms with Crippen molar-refractivity contribution in [1.82, 2.24) is 5.32 Å². The molecule has 0 spiro atoms. The minimum Gasteiger partial charge on any atom is -0.468 e. The summed E-state index contributed by atoms with van der Waals surface area (Å²) >= 11 is 0. The minimum absolute atomic E-state index is 0.0917. The van der Waals surface area contributed by atoms with E-state index in [0.717, 1.165) is 0 Å². The first-order chi connectivity index (χ1) is 12.4. The van der Waals surface area contributed by atoms with Gasteiger partial charge in [0.25, 0.3) is 5.91 Å². The van der Waals surface area contributed by atoms with E-state index in [0.29, 0.717) is 16.8 Å². The van der Waals surface area contributed by atoms with Gasteiger partial charge in [-0.2, -0.15) is 0 Å². The molecule has 0 unspecified atom stereocenters. The molecule has 6 nitrogen and oxygen atoms in total. The molecule has 2 aromatic rings. The predicted molar refractivity (Wildman–Crippen MR) is 94.3 cm³/mol. The van der Waals surface area contributed by atoms with Gasteiger partial charge in [0.1, 0.15) is 12.4 Å². The largest absolute Gasteiger partial charge is 0.468 e. The van der Waals surface area contributed by atoms with Crippen LogP contribution in [0.4, 0.5) is 10.1 Å². The molecule has 0 aliphatic carbocycles. The molecule has 0 aromatic heterocycles. The lowest BCUT2D eigenvalue weighted by Crippen LogP contribution is -2.31. The van der Waals surface area contributed by atoms with Crippen LogP contribution in [0.1, 0.15) is 21.5 Å². The van der Waals surface area contributed by atoms with E-state index in [2.05, 4.69) is 15.4 Å². The minimum atomic E-state index is -0.524. The van der Waals surface area contributed by atoms with Gasteiger partial charge < -0.3 is 15.4 Å². The lowest BCUT2D eigenvalue weighted by atomic mass is 10.1. The fourth-order valence-corrected chi connectivity index (χ4v) is 2.13. The second-order valence-corrected chi connectivity index (χ2v) is 5.64. The number of esters is 1. The van der Waals surface area contributed by atoms with Crippen LogP contribution in [0, 0.1) is 12.7 Å². The van der Waals surface area contributed by atoms with Crippen LogP contribution in [-0.2, 0) is 20.7 Å². The SMILES string of the molecule is COC(=O)CNC(=O)Cc1ccc(NC(=O)c2ccc(C)c(F)c2)cc1. The molecule has 136 valence electrons. The van der Waals surface area contributed by atoms with Gasteiger partial charge in [0.05, 0.1) is 13.5 Å². The Morgan fingerprint density at radius 1 is 1.08 bits per heavy atom. The molecule has 2 aromatic carbocycles. The van der Waals surface area contributed by atoms with Crippen LogP contribution in [0.3, 0.4) is 0 Å². The van der Waals surface area contributed by atoms with Gasteiger partial charge in [0, 0.05) is 11.3 Å². The number of anilines is 1. The van der Waals surface area contributed by atoms with Crippen LogP contribution in [0.2, 0.25) is 0 Å². The van der Waals surface area contributed by atoms with Gasteiger partial charge >= 0.3 is 5.97 Å². The third-order valence-corrected chi connectivity index (χ3v) is 3.67. The summed E-state index contributed by atoms with van der Waals surface area (Å²) in [6.45, 7) is 1.44. The van der Waals surface area contributed by atoms with Crippen LogP contribution in [0.5, 0.6) is 0 Å². The van der Waals surface area contributed by atoms with Gasteiger partial charge in [0.15, 0.2) is 0 Å². The summed E-state index contributed by atoms with van der Waals surface area (Å²) in [4.78, 5) is 34.8. The third kappa shape index (κ3) is 5.41. The number of ether oxygens (including phenoxy) is 1. The quantitative estimate of drug-likeness (QED) is 0.776. The van der Waals surface area contributed by atoms with E-state index in [-0.39, 0.29) is 24.4 Å². The van der Waals surface area contributed by atoms with Crippen molar-refractivity contribution >= 4 is 23.5 Å². The van der Waals surface area contributed by atoms with Gasteiger partial charge in [-0.3, -0.25) is 14.4 Å². The van der Waals surface area contributed by atoms with Gasteiger partial charge in [-0.1, -0.05) is 18.2 Å². The number of methoxy groups -OCH3 is 1. The smallest absolute Gasteiger partial charge is 0.325 e. The summed E-state index contributed by atoms with van der Waals surface area (Å²) in [6.07, 6.45) is 0.0917. The first-order valence-corrected chi connectivity index (χ1v) is 7.89. The first-order valence-electron chi connectivity index (χ1n) is 7.89. The van der Waals surface area contributed by atoms with E-state index in [1.54, 1.807) is 43.3 Å². The molecule has 0 bridgehead atoms. The second kappa shape index (κ2) is 8.75. The van der Waals surface area contributed by atoms with Crippen molar-refractivity contribution in [3.63, 3.8) is 0 Å². The maximum absolute atomic E-state index is 13.5. The van der Waals surface area contributed by atoms with Crippen molar-refractivity contribution in [3.05, 3.63) is 65.0 Å². The number of halogens is 1. The maximum atomic E-state index is 13.5. The van der Waals surface area contributed by atoms with Crippen molar-refractivity contribution in [2.75, 3.05) is 19.0 Å². The number of hydrogen-bond acceptors (Lipinski definition) is 4. The molecule has 0 aliphatic rings. The fraction of sp³-hybridized carbons (Fsp3) is 0.211. The number of benzene rings is 2. The molecule has 2 amide bonds. The summed E-state index contributed by atoms with van der Waals surface area (Å²) in [5.41, 5.74) is 1.93. The highest BCUT2D eigenvalue weighted by Gasteiger charge is 2.10. The monoisotopic (exact) mass is 358 g/mol. The fourth-order valence-electron chi connectivity index (χ4n) is 2.13. The van der Waals surface area contributed by atoms with E-state index in [1.807, 2.05) is 0 Å². The average Bonchev–Trinajstić information content (AvgIpc) is 2.63. The average molecular weight is 358 g/mol. The van der Waals surface area contributed by atoms with Crippen LogP contribution in [-0.4, -0.2) is 31.4 Å². The van der Waals surface area contributed by atoms with Crippen LogP contribution < -0.4 is 10.6 Å². The second-order valence-electron chi connectivity index (χ2n) is 5.64. The Hall–Kier alpha value is -3.22. The predicted octanol–water partition coefficient (Wildman–Crippen LogP) is 2.22. The molecule has 0 saturated carbocycles.